The monoisotopic (exact) mass is 662 g/mol. The van der Waals surface area contributed by atoms with Crippen molar-refractivity contribution in [2.45, 2.75) is 6.92 Å². The van der Waals surface area contributed by atoms with Crippen LogP contribution in [0.15, 0.2) is 142 Å². The number of hydrogen-bond donors (Lipinski definition) is 2. The number of anilines is 3. The zero-order valence-corrected chi connectivity index (χ0v) is 26.6. The second-order valence-corrected chi connectivity index (χ2v) is 11.6. The van der Waals surface area contributed by atoms with E-state index in [9.17, 15) is 8.78 Å². The lowest BCUT2D eigenvalue weighted by Gasteiger charge is -2.10. The highest BCUT2D eigenvalue weighted by Crippen LogP contribution is 2.31. The summed E-state index contributed by atoms with van der Waals surface area (Å²) in [5.41, 5.74) is 15.6. The molecule has 0 unspecified atom stereocenters. The first-order valence-electron chi connectivity index (χ1n) is 15.8. The molecule has 8 nitrogen and oxygen atoms in total. The van der Waals surface area contributed by atoms with Crippen LogP contribution in [0.1, 0.15) is 5.82 Å². The van der Waals surface area contributed by atoms with Crippen molar-refractivity contribution in [2.75, 3.05) is 11.1 Å². The largest absolute Gasteiger partial charge is 0.436 e. The fourth-order valence-corrected chi connectivity index (χ4v) is 5.74. The van der Waals surface area contributed by atoms with Crippen LogP contribution in [0.2, 0.25) is 0 Å². The van der Waals surface area contributed by atoms with E-state index in [4.69, 9.17) is 14.6 Å². The molecule has 0 aliphatic heterocycles. The molecule has 0 aliphatic rings. The smallest absolute Gasteiger partial charge is 0.227 e. The first kappa shape index (κ1) is 30.5. The number of nitrogen functional groups attached to an aromatic ring is 1. The van der Waals surface area contributed by atoms with Crippen LogP contribution in [-0.4, -0.2) is 19.5 Å². The number of imidazole rings is 1. The van der Waals surface area contributed by atoms with Crippen molar-refractivity contribution in [3.63, 3.8) is 0 Å². The van der Waals surface area contributed by atoms with E-state index in [0.29, 0.717) is 17.5 Å². The lowest BCUT2D eigenvalue weighted by Crippen LogP contribution is -1.96. The summed E-state index contributed by atoms with van der Waals surface area (Å²) in [4.78, 5) is 13.7. The number of benzene rings is 6. The number of aryl methyl sites for hydroxylation is 1. The zero-order chi connectivity index (χ0) is 34.2. The van der Waals surface area contributed by atoms with Gasteiger partial charge in [0.25, 0.3) is 0 Å². The molecule has 0 saturated heterocycles. The van der Waals surface area contributed by atoms with Crippen molar-refractivity contribution in [3.8, 4) is 28.6 Å². The van der Waals surface area contributed by atoms with Crippen molar-refractivity contribution < 1.29 is 17.6 Å². The number of halogens is 2. The first-order chi connectivity index (χ1) is 24.4. The molecule has 9 aromatic rings. The van der Waals surface area contributed by atoms with E-state index >= 15 is 0 Å². The second kappa shape index (κ2) is 12.7. The van der Waals surface area contributed by atoms with Crippen LogP contribution in [-0.2, 0) is 0 Å². The maximum absolute atomic E-state index is 13.2. The SMILES string of the molecule is Cc1nc2cc(-c3nc4ccccc4o3)ccc2n1-c1ccc(F)cc1.Nc1cc(-c2nc3ccccc3o2)ccc1Nc1ccc(F)cc1. The van der Waals surface area contributed by atoms with Crippen LogP contribution < -0.4 is 11.1 Å². The molecular weight excluding hydrogens is 634 g/mol. The first-order valence-corrected chi connectivity index (χ1v) is 15.8. The highest BCUT2D eigenvalue weighted by molar-refractivity contribution is 5.84. The summed E-state index contributed by atoms with van der Waals surface area (Å²) in [7, 11) is 0. The third-order valence-corrected chi connectivity index (χ3v) is 8.16. The molecule has 50 heavy (non-hydrogen) atoms. The van der Waals surface area contributed by atoms with Gasteiger partial charge in [0.1, 0.15) is 28.5 Å². The van der Waals surface area contributed by atoms with Gasteiger partial charge in [0.05, 0.1) is 22.4 Å². The van der Waals surface area contributed by atoms with E-state index in [1.165, 1.54) is 24.3 Å². The fraction of sp³-hybridized carbons (Fsp3) is 0.0250. The molecule has 0 fully saturated rings. The highest BCUT2D eigenvalue weighted by atomic mass is 19.1. The Hall–Kier alpha value is -6.81. The number of rotatable bonds is 5. The Morgan fingerprint density at radius 2 is 1.16 bits per heavy atom. The predicted octanol–water partition coefficient (Wildman–Crippen LogP) is 10.2. The molecule has 10 heteroatoms. The van der Waals surface area contributed by atoms with E-state index in [1.807, 2.05) is 90.4 Å². The maximum Gasteiger partial charge on any atom is 0.227 e. The molecular formula is C40H28F2N6O2. The molecule has 0 atom stereocenters. The van der Waals surface area contributed by atoms with Crippen LogP contribution in [0.3, 0.4) is 0 Å². The van der Waals surface area contributed by atoms with Crippen LogP contribution in [0.25, 0.3) is 61.8 Å². The van der Waals surface area contributed by atoms with E-state index < -0.39 is 0 Å². The predicted molar refractivity (Wildman–Crippen MR) is 192 cm³/mol. The molecule has 0 saturated carbocycles. The summed E-state index contributed by atoms with van der Waals surface area (Å²) in [5.74, 6) is 1.40. The zero-order valence-electron chi connectivity index (χ0n) is 26.6. The molecule has 3 N–H and O–H groups in total. The number of oxazole rings is 2. The van der Waals surface area contributed by atoms with Gasteiger partial charge in [-0.15, -0.1) is 0 Å². The summed E-state index contributed by atoms with van der Waals surface area (Å²) in [6, 6.07) is 39.2. The number of hydrogen-bond acceptors (Lipinski definition) is 7. The number of nitrogens with one attached hydrogen (secondary N) is 1. The lowest BCUT2D eigenvalue weighted by molar-refractivity contribution is 0.619. The topological polar surface area (TPSA) is 108 Å². The highest BCUT2D eigenvalue weighted by Gasteiger charge is 2.14. The molecule has 0 spiro atoms. The Morgan fingerprint density at radius 3 is 1.76 bits per heavy atom. The lowest BCUT2D eigenvalue weighted by atomic mass is 10.1. The van der Waals surface area contributed by atoms with Gasteiger partial charge >= 0.3 is 0 Å². The van der Waals surface area contributed by atoms with Crippen molar-refractivity contribution in [1.29, 1.82) is 0 Å². The maximum atomic E-state index is 13.2. The van der Waals surface area contributed by atoms with Crippen molar-refractivity contribution in [2.24, 2.45) is 0 Å². The second-order valence-electron chi connectivity index (χ2n) is 11.6. The molecule has 0 amide bonds. The third-order valence-electron chi connectivity index (χ3n) is 8.16. The number of nitrogens with two attached hydrogens (primary N) is 1. The Balaban J connectivity index is 0.000000145. The Bertz CT molecular complexity index is 2560. The summed E-state index contributed by atoms with van der Waals surface area (Å²) in [6.45, 7) is 1.93. The van der Waals surface area contributed by atoms with Crippen LogP contribution in [0, 0.1) is 18.6 Å². The minimum atomic E-state index is -0.278. The van der Waals surface area contributed by atoms with Crippen molar-refractivity contribution >= 4 is 50.3 Å². The molecule has 9 rings (SSSR count). The van der Waals surface area contributed by atoms with Crippen LogP contribution in [0.5, 0.6) is 0 Å². The Labute approximate surface area is 284 Å². The van der Waals surface area contributed by atoms with Gasteiger partial charge in [-0.1, -0.05) is 24.3 Å². The van der Waals surface area contributed by atoms with Crippen molar-refractivity contribution in [1.82, 2.24) is 19.5 Å². The van der Waals surface area contributed by atoms with Crippen molar-refractivity contribution in [3.05, 3.63) is 151 Å². The average molecular weight is 663 g/mol. The molecule has 0 bridgehead atoms. The Kier molecular flexibility index (Phi) is 7.73. The van der Waals surface area contributed by atoms with E-state index in [2.05, 4.69) is 20.3 Å². The van der Waals surface area contributed by atoms with Gasteiger partial charge in [-0.3, -0.25) is 4.57 Å². The summed E-state index contributed by atoms with van der Waals surface area (Å²) < 4.78 is 39.8. The van der Waals surface area contributed by atoms with Gasteiger partial charge in [-0.25, -0.2) is 23.7 Å². The molecule has 3 aromatic heterocycles. The minimum absolute atomic E-state index is 0.255. The average Bonchev–Trinajstić information content (AvgIpc) is 3.85. The quantitative estimate of drug-likeness (QED) is 0.177. The van der Waals surface area contributed by atoms with Crippen LogP contribution >= 0.6 is 0 Å². The van der Waals surface area contributed by atoms with E-state index in [-0.39, 0.29) is 11.6 Å². The summed E-state index contributed by atoms with van der Waals surface area (Å²) in [6.07, 6.45) is 0. The van der Waals surface area contributed by atoms with Gasteiger partial charge in [-0.2, -0.15) is 0 Å². The van der Waals surface area contributed by atoms with E-state index in [0.717, 1.165) is 67.2 Å². The minimum Gasteiger partial charge on any atom is -0.436 e. The number of nitrogens with zero attached hydrogens (tertiary/aromatic N) is 4. The van der Waals surface area contributed by atoms with Gasteiger partial charge in [0.15, 0.2) is 11.2 Å². The number of aromatic nitrogens is 4. The third kappa shape index (κ3) is 6.01. The fourth-order valence-electron chi connectivity index (χ4n) is 5.74. The summed E-state index contributed by atoms with van der Waals surface area (Å²) in [5, 5.41) is 3.16. The molecule has 244 valence electrons. The van der Waals surface area contributed by atoms with Gasteiger partial charge in [-0.05, 0) is 116 Å². The molecule has 3 heterocycles. The molecule has 0 aliphatic carbocycles. The summed E-state index contributed by atoms with van der Waals surface area (Å²) >= 11 is 0. The normalized spacial score (nSPS) is 11.2. The number of fused-ring (bicyclic) bond motifs is 3. The van der Waals surface area contributed by atoms with Gasteiger partial charge in [0.2, 0.25) is 11.8 Å². The molecule has 0 radical (unpaired) electrons. The standard InChI is InChI=1S/C21H14FN3O.C19H14FN3O/c1-13-23-18-12-14(21-24-17-4-2-3-5-20(17)26-21)6-11-19(18)25(13)16-9-7-15(22)8-10-16;20-13-6-8-14(9-7-13)22-16-10-5-12(11-15(16)21)19-23-17-3-1-2-4-18(17)24-19/h2-12H,1H3;1-11,22H,21H2. The Morgan fingerprint density at radius 1 is 0.600 bits per heavy atom. The number of para-hydroxylation sites is 4. The van der Waals surface area contributed by atoms with Gasteiger partial charge in [0, 0.05) is 22.5 Å². The molecule has 6 aromatic carbocycles. The van der Waals surface area contributed by atoms with Gasteiger partial charge < -0.3 is 19.9 Å². The van der Waals surface area contributed by atoms with E-state index in [1.54, 1.807) is 30.3 Å². The van der Waals surface area contributed by atoms with Crippen LogP contribution in [0.4, 0.5) is 25.8 Å².